The van der Waals surface area contributed by atoms with Gasteiger partial charge in [-0.15, -0.1) is 0 Å². The molecule has 0 bridgehead atoms. The molecule has 5 heteroatoms. The minimum Gasteiger partial charge on any atom is -0.493 e. The number of benzene rings is 1. The van der Waals surface area contributed by atoms with Crippen molar-refractivity contribution in [3.8, 4) is 5.75 Å². The van der Waals surface area contributed by atoms with E-state index in [9.17, 15) is 4.79 Å². The van der Waals surface area contributed by atoms with E-state index < -0.39 is 0 Å². The first-order valence-corrected chi connectivity index (χ1v) is 9.88. The summed E-state index contributed by atoms with van der Waals surface area (Å²) in [5, 5.41) is 3.00. The number of nitrogens with one attached hydrogen (secondary N) is 1. The Morgan fingerprint density at radius 2 is 2.04 bits per heavy atom. The Hall–Kier alpha value is -2.56. The number of carbonyl (C=O) groups is 1. The first-order valence-electron chi connectivity index (χ1n) is 9.88. The van der Waals surface area contributed by atoms with Crippen molar-refractivity contribution in [1.82, 2.24) is 10.3 Å². The molecule has 1 fully saturated rings. The topological polar surface area (TPSA) is 54.5 Å². The van der Waals surface area contributed by atoms with Crippen LogP contribution < -0.4 is 15.0 Å². The molecule has 0 radical (unpaired) electrons. The number of piperidine rings is 1. The van der Waals surface area contributed by atoms with Crippen LogP contribution >= 0.6 is 0 Å². The number of aromatic nitrogens is 1. The molecule has 2 aliphatic heterocycles. The molecule has 1 amide bonds. The standard InChI is InChI=1S/C22H27N3O2/c1-16-6-9-25(10-7-16)21-5-3-18(14-23-21)15-24-22(26)13-17-2-4-20-19(12-17)8-11-27-20/h2-5,12,14,16H,6-11,13,15H2,1H3,(H,24,26). The summed E-state index contributed by atoms with van der Waals surface area (Å²) in [7, 11) is 0. The molecule has 4 rings (SSSR count). The maximum absolute atomic E-state index is 12.3. The Bertz CT molecular complexity index is 796. The van der Waals surface area contributed by atoms with Gasteiger partial charge in [0.2, 0.25) is 5.91 Å². The number of pyridine rings is 1. The van der Waals surface area contributed by atoms with E-state index in [1.165, 1.54) is 18.4 Å². The molecule has 0 aliphatic carbocycles. The van der Waals surface area contributed by atoms with Gasteiger partial charge < -0.3 is 15.0 Å². The average molecular weight is 365 g/mol. The molecule has 1 saturated heterocycles. The number of rotatable bonds is 5. The summed E-state index contributed by atoms with van der Waals surface area (Å²) in [5.74, 6) is 2.84. The van der Waals surface area contributed by atoms with Crippen molar-refractivity contribution in [2.45, 2.75) is 39.2 Å². The molecule has 27 heavy (non-hydrogen) atoms. The molecule has 3 heterocycles. The van der Waals surface area contributed by atoms with Crippen LogP contribution in [0.4, 0.5) is 5.82 Å². The number of nitrogens with zero attached hydrogens (tertiary/aromatic N) is 2. The van der Waals surface area contributed by atoms with Crippen LogP contribution in [0.25, 0.3) is 0 Å². The first kappa shape index (κ1) is 17.8. The average Bonchev–Trinajstić information content (AvgIpc) is 3.15. The SMILES string of the molecule is CC1CCN(c2ccc(CNC(=O)Cc3ccc4c(c3)CCO4)cn2)CC1. The van der Waals surface area contributed by atoms with Gasteiger partial charge in [0.15, 0.2) is 0 Å². The number of carbonyl (C=O) groups excluding carboxylic acids is 1. The largest absolute Gasteiger partial charge is 0.493 e. The van der Waals surface area contributed by atoms with Crippen LogP contribution in [0.5, 0.6) is 5.75 Å². The highest BCUT2D eigenvalue weighted by Crippen LogP contribution is 2.26. The van der Waals surface area contributed by atoms with Crippen LogP contribution in [0.15, 0.2) is 36.5 Å². The highest BCUT2D eigenvalue weighted by atomic mass is 16.5. The number of ether oxygens (including phenoxy) is 1. The smallest absolute Gasteiger partial charge is 0.224 e. The van der Waals surface area contributed by atoms with E-state index in [2.05, 4.69) is 40.3 Å². The zero-order valence-corrected chi connectivity index (χ0v) is 15.9. The molecule has 5 nitrogen and oxygen atoms in total. The van der Waals surface area contributed by atoms with Crippen molar-refractivity contribution in [2.24, 2.45) is 5.92 Å². The van der Waals surface area contributed by atoms with Gasteiger partial charge >= 0.3 is 0 Å². The number of amides is 1. The third kappa shape index (κ3) is 4.41. The van der Waals surface area contributed by atoms with Gasteiger partial charge in [-0.2, -0.15) is 0 Å². The molecule has 0 spiro atoms. The molecule has 2 aliphatic rings. The van der Waals surface area contributed by atoms with Crippen LogP contribution in [0.2, 0.25) is 0 Å². The van der Waals surface area contributed by atoms with Gasteiger partial charge in [-0.3, -0.25) is 4.79 Å². The van der Waals surface area contributed by atoms with Crippen molar-refractivity contribution >= 4 is 11.7 Å². The monoisotopic (exact) mass is 365 g/mol. The summed E-state index contributed by atoms with van der Waals surface area (Å²) in [6, 6.07) is 10.2. The van der Waals surface area contributed by atoms with Crippen molar-refractivity contribution in [1.29, 1.82) is 0 Å². The second-order valence-electron chi connectivity index (χ2n) is 7.69. The van der Waals surface area contributed by atoms with Gasteiger partial charge in [0.25, 0.3) is 0 Å². The lowest BCUT2D eigenvalue weighted by molar-refractivity contribution is -0.120. The predicted octanol–water partition coefficient (Wildman–Crippen LogP) is 3.11. The quantitative estimate of drug-likeness (QED) is 0.885. The number of hydrogen-bond acceptors (Lipinski definition) is 4. The molecule has 0 unspecified atom stereocenters. The Balaban J connectivity index is 1.27. The van der Waals surface area contributed by atoms with Gasteiger partial charge in [-0.05, 0) is 47.6 Å². The molecule has 2 aromatic rings. The molecular formula is C22H27N3O2. The molecule has 142 valence electrons. The number of fused-ring (bicyclic) bond motifs is 1. The fraction of sp³-hybridized carbons (Fsp3) is 0.455. The summed E-state index contributed by atoms with van der Waals surface area (Å²) in [6.45, 7) is 5.72. The van der Waals surface area contributed by atoms with E-state index in [1.807, 2.05) is 18.3 Å². The number of anilines is 1. The van der Waals surface area contributed by atoms with E-state index in [4.69, 9.17) is 4.74 Å². The molecule has 1 aromatic heterocycles. The van der Waals surface area contributed by atoms with Crippen molar-refractivity contribution in [3.05, 3.63) is 53.2 Å². The fourth-order valence-corrected chi connectivity index (χ4v) is 3.74. The van der Waals surface area contributed by atoms with Crippen molar-refractivity contribution in [2.75, 3.05) is 24.6 Å². The van der Waals surface area contributed by atoms with Gasteiger partial charge in [0.05, 0.1) is 13.0 Å². The van der Waals surface area contributed by atoms with E-state index in [0.29, 0.717) is 13.0 Å². The molecule has 1 N–H and O–H groups in total. The second-order valence-corrected chi connectivity index (χ2v) is 7.69. The number of hydrogen-bond donors (Lipinski definition) is 1. The normalized spacial score (nSPS) is 16.7. The maximum Gasteiger partial charge on any atom is 0.224 e. The molecular weight excluding hydrogens is 338 g/mol. The van der Waals surface area contributed by atoms with Gasteiger partial charge in [0, 0.05) is 32.3 Å². The highest BCUT2D eigenvalue weighted by molar-refractivity contribution is 5.78. The van der Waals surface area contributed by atoms with E-state index >= 15 is 0 Å². The molecule has 0 atom stereocenters. The zero-order chi connectivity index (χ0) is 18.6. The van der Waals surface area contributed by atoms with Gasteiger partial charge in [0.1, 0.15) is 11.6 Å². The van der Waals surface area contributed by atoms with Crippen LogP contribution in [0.3, 0.4) is 0 Å². The van der Waals surface area contributed by atoms with E-state index in [1.54, 1.807) is 0 Å². The lowest BCUT2D eigenvalue weighted by Gasteiger charge is -2.31. The predicted molar refractivity (Wildman–Crippen MR) is 106 cm³/mol. The van der Waals surface area contributed by atoms with E-state index in [0.717, 1.165) is 54.7 Å². The molecule has 0 saturated carbocycles. The van der Waals surface area contributed by atoms with E-state index in [-0.39, 0.29) is 5.91 Å². The van der Waals surface area contributed by atoms with Crippen LogP contribution in [-0.4, -0.2) is 30.6 Å². The Labute approximate surface area is 160 Å². The third-order valence-electron chi connectivity index (χ3n) is 5.52. The summed E-state index contributed by atoms with van der Waals surface area (Å²) in [6.07, 6.45) is 5.66. The highest BCUT2D eigenvalue weighted by Gasteiger charge is 2.17. The van der Waals surface area contributed by atoms with Crippen molar-refractivity contribution < 1.29 is 9.53 Å². The fourth-order valence-electron chi connectivity index (χ4n) is 3.74. The summed E-state index contributed by atoms with van der Waals surface area (Å²) in [5.41, 5.74) is 3.26. The summed E-state index contributed by atoms with van der Waals surface area (Å²) in [4.78, 5) is 19.2. The third-order valence-corrected chi connectivity index (χ3v) is 5.52. The molecule has 1 aromatic carbocycles. The lowest BCUT2D eigenvalue weighted by atomic mass is 9.99. The van der Waals surface area contributed by atoms with Crippen LogP contribution in [-0.2, 0) is 24.2 Å². The second kappa shape index (κ2) is 7.99. The first-order chi connectivity index (χ1) is 13.2. The summed E-state index contributed by atoms with van der Waals surface area (Å²) < 4.78 is 5.51. The minimum absolute atomic E-state index is 0.0305. The van der Waals surface area contributed by atoms with Crippen LogP contribution in [0, 0.1) is 5.92 Å². The summed E-state index contributed by atoms with van der Waals surface area (Å²) >= 11 is 0. The van der Waals surface area contributed by atoms with Gasteiger partial charge in [-0.1, -0.05) is 25.1 Å². The zero-order valence-electron chi connectivity index (χ0n) is 15.9. The minimum atomic E-state index is 0.0305. The van der Waals surface area contributed by atoms with Crippen molar-refractivity contribution in [3.63, 3.8) is 0 Å². The maximum atomic E-state index is 12.3. The van der Waals surface area contributed by atoms with Gasteiger partial charge in [-0.25, -0.2) is 4.98 Å². The Morgan fingerprint density at radius 3 is 2.81 bits per heavy atom. The Kier molecular flexibility index (Phi) is 5.28. The Morgan fingerprint density at radius 1 is 1.22 bits per heavy atom. The van der Waals surface area contributed by atoms with Crippen LogP contribution in [0.1, 0.15) is 36.5 Å². The lowest BCUT2D eigenvalue weighted by Crippen LogP contribution is -2.33.